The van der Waals surface area contributed by atoms with E-state index in [1.165, 1.54) is 37.3 Å². The molecule has 1 aliphatic rings. The van der Waals surface area contributed by atoms with Crippen LogP contribution in [0.15, 0.2) is 66.1 Å². The number of rotatable bonds is 7. The highest BCUT2D eigenvalue weighted by atomic mass is 32.2. The molecule has 9 heteroatoms. The summed E-state index contributed by atoms with van der Waals surface area (Å²) in [5, 5.41) is 2.56. The van der Waals surface area contributed by atoms with Crippen LogP contribution in [0.3, 0.4) is 0 Å². The van der Waals surface area contributed by atoms with Gasteiger partial charge in [0.25, 0.3) is 5.91 Å². The smallest absolute Gasteiger partial charge is 0.252 e. The maximum absolute atomic E-state index is 13.3. The quantitative estimate of drug-likeness (QED) is 0.525. The van der Waals surface area contributed by atoms with Gasteiger partial charge in [0.2, 0.25) is 21.8 Å². The van der Waals surface area contributed by atoms with E-state index in [-0.39, 0.29) is 23.8 Å². The largest absolute Gasteiger partial charge is 0.326 e. The number of hydrogen-bond donors (Lipinski definition) is 1. The normalized spacial score (nSPS) is 16.6. The third-order valence-corrected chi connectivity index (χ3v) is 6.74. The number of carbonyl (C=O) groups excluding carboxylic acids is 3. The summed E-state index contributed by atoms with van der Waals surface area (Å²) in [6.07, 6.45) is 1.11. The van der Waals surface area contributed by atoms with E-state index in [2.05, 4.69) is 11.9 Å². The van der Waals surface area contributed by atoms with Gasteiger partial charge in [0.1, 0.15) is 6.04 Å². The van der Waals surface area contributed by atoms with Gasteiger partial charge >= 0.3 is 0 Å². The van der Waals surface area contributed by atoms with Crippen molar-refractivity contribution >= 4 is 39.1 Å². The molecule has 0 spiro atoms. The van der Waals surface area contributed by atoms with E-state index in [9.17, 15) is 22.8 Å². The van der Waals surface area contributed by atoms with Crippen LogP contribution in [0.4, 0.5) is 11.4 Å². The predicted octanol–water partition coefficient (Wildman–Crippen LogP) is 2.46. The van der Waals surface area contributed by atoms with Gasteiger partial charge in [-0.25, -0.2) is 13.3 Å². The van der Waals surface area contributed by atoms with E-state index in [0.29, 0.717) is 11.4 Å². The maximum Gasteiger partial charge on any atom is 0.252 e. The monoisotopic (exact) mass is 441 g/mol. The average Bonchev–Trinajstić information content (AvgIpc) is 3.00. The highest BCUT2D eigenvalue weighted by Crippen LogP contribution is 2.29. The van der Waals surface area contributed by atoms with Crippen LogP contribution >= 0.6 is 0 Å². The standard InChI is InChI=1S/C22H23N3O5S/c1-4-13-24(31(29,30)19-11-7-17(8-12-19)23-16(3)26)20-14-21(27)25(22(20)28)18-9-5-15(2)6-10-18/h4-12,20H,1,13-14H2,2-3H3,(H,23,26). The van der Waals surface area contributed by atoms with Crippen LogP contribution in [0, 0.1) is 6.92 Å². The Balaban J connectivity index is 1.93. The Morgan fingerprint density at radius 2 is 1.77 bits per heavy atom. The van der Waals surface area contributed by atoms with E-state index >= 15 is 0 Å². The van der Waals surface area contributed by atoms with Crippen LogP contribution in [0.1, 0.15) is 18.9 Å². The van der Waals surface area contributed by atoms with Gasteiger partial charge < -0.3 is 5.32 Å². The van der Waals surface area contributed by atoms with Gasteiger partial charge in [0, 0.05) is 19.2 Å². The van der Waals surface area contributed by atoms with Crippen LogP contribution in [0.2, 0.25) is 0 Å². The summed E-state index contributed by atoms with van der Waals surface area (Å²) in [6, 6.07) is 11.3. The van der Waals surface area contributed by atoms with Crippen LogP contribution in [-0.2, 0) is 24.4 Å². The zero-order valence-electron chi connectivity index (χ0n) is 17.2. The van der Waals surface area contributed by atoms with Crippen molar-refractivity contribution in [1.82, 2.24) is 4.31 Å². The van der Waals surface area contributed by atoms with Crippen molar-refractivity contribution in [1.29, 1.82) is 0 Å². The second-order valence-electron chi connectivity index (χ2n) is 7.19. The molecule has 3 rings (SSSR count). The Labute approximate surface area is 181 Å². The van der Waals surface area contributed by atoms with Gasteiger partial charge in [-0.15, -0.1) is 6.58 Å². The molecule has 0 bridgehead atoms. The Bertz CT molecular complexity index is 1120. The second kappa shape index (κ2) is 8.83. The third kappa shape index (κ3) is 4.57. The minimum Gasteiger partial charge on any atom is -0.326 e. The molecule has 1 saturated heterocycles. The molecule has 0 aromatic heterocycles. The molecule has 0 aliphatic carbocycles. The number of anilines is 2. The van der Waals surface area contributed by atoms with Crippen LogP contribution in [-0.4, -0.2) is 43.0 Å². The fourth-order valence-corrected chi connectivity index (χ4v) is 4.93. The number of amides is 3. The summed E-state index contributed by atoms with van der Waals surface area (Å²) >= 11 is 0. The lowest BCUT2D eigenvalue weighted by atomic mass is 10.2. The molecule has 31 heavy (non-hydrogen) atoms. The Morgan fingerprint density at radius 3 is 2.32 bits per heavy atom. The zero-order chi connectivity index (χ0) is 22.8. The highest BCUT2D eigenvalue weighted by Gasteiger charge is 2.46. The van der Waals surface area contributed by atoms with Crippen molar-refractivity contribution in [2.45, 2.75) is 31.2 Å². The lowest BCUT2D eigenvalue weighted by Crippen LogP contribution is -2.45. The first-order valence-corrected chi connectivity index (χ1v) is 11.0. The molecule has 3 amide bonds. The summed E-state index contributed by atoms with van der Waals surface area (Å²) < 4.78 is 27.6. The fraction of sp³-hybridized carbons (Fsp3) is 0.227. The van der Waals surface area contributed by atoms with Crippen molar-refractivity contribution in [2.75, 3.05) is 16.8 Å². The molecule has 1 aliphatic heterocycles. The summed E-state index contributed by atoms with van der Waals surface area (Å²) in [4.78, 5) is 37.8. The number of hydrogen-bond acceptors (Lipinski definition) is 5. The Hall–Kier alpha value is -3.30. The van der Waals surface area contributed by atoms with E-state index in [0.717, 1.165) is 14.8 Å². The summed E-state index contributed by atoms with van der Waals surface area (Å²) in [6.45, 7) is 6.69. The van der Waals surface area contributed by atoms with Crippen LogP contribution < -0.4 is 10.2 Å². The van der Waals surface area contributed by atoms with Crippen LogP contribution in [0.5, 0.6) is 0 Å². The van der Waals surface area contributed by atoms with Crippen molar-refractivity contribution in [3.63, 3.8) is 0 Å². The van der Waals surface area contributed by atoms with Crippen molar-refractivity contribution in [3.05, 3.63) is 66.7 Å². The fourth-order valence-electron chi connectivity index (χ4n) is 3.38. The Morgan fingerprint density at radius 1 is 1.16 bits per heavy atom. The molecule has 1 heterocycles. The maximum atomic E-state index is 13.3. The molecule has 1 unspecified atom stereocenters. The number of nitrogens with one attached hydrogen (secondary N) is 1. The topological polar surface area (TPSA) is 104 Å². The molecule has 8 nitrogen and oxygen atoms in total. The van der Waals surface area contributed by atoms with E-state index in [1.54, 1.807) is 24.3 Å². The third-order valence-electron chi connectivity index (χ3n) is 4.85. The number of carbonyl (C=O) groups is 3. The summed E-state index contributed by atoms with van der Waals surface area (Å²) in [5.74, 6) is -1.35. The van der Waals surface area contributed by atoms with Gasteiger partial charge in [-0.05, 0) is 43.3 Å². The van der Waals surface area contributed by atoms with E-state index in [1.807, 2.05) is 6.92 Å². The molecular weight excluding hydrogens is 418 g/mol. The molecule has 2 aromatic carbocycles. The number of sulfonamides is 1. The number of aryl methyl sites for hydroxylation is 1. The first-order valence-electron chi connectivity index (χ1n) is 9.59. The zero-order valence-corrected chi connectivity index (χ0v) is 18.1. The SMILES string of the molecule is C=CCN(C1CC(=O)N(c2ccc(C)cc2)C1=O)S(=O)(=O)c1ccc(NC(C)=O)cc1. The van der Waals surface area contributed by atoms with Gasteiger partial charge in [-0.1, -0.05) is 23.8 Å². The highest BCUT2D eigenvalue weighted by molar-refractivity contribution is 7.89. The van der Waals surface area contributed by atoms with Crippen molar-refractivity contribution in [3.8, 4) is 0 Å². The molecule has 1 N–H and O–H groups in total. The van der Waals surface area contributed by atoms with Crippen LogP contribution in [0.25, 0.3) is 0 Å². The average molecular weight is 442 g/mol. The first-order chi connectivity index (χ1) is 14.6. The molecule has 0 saturated carbocycles. The minimum absolute atomic E-state index is 0.0579. The lowest BCUT2D eigenvalue weighted by molar-refractivity contribution is -0.122. The predicted molar refractivity (Wildman–Crippen MR) is 117 cm³/mol. The molecule has 1 atom stereocenters. The summed E-state index contributed by atoms with van der Waals surface area (Å²) in [5.41, 5.74) is 1.82. The number of imide groups is 1. The first kappa shape index (κ1) is 22.4. The van der Waals surface area contributed by atoms with Crippen molar-refractivity contribution in [2.24, 2.45) is 0 Å². The second-order valence-corrected chi connectivity index (χ2v) is 9.08. The van der Waals surface area contributed by atoms with Gasteiger partial charge in [0.05, 0.1) is 17.0 Å². The summed E-state index contributed by atoms with van der Waals surface area (Å²) in [7, 11) is -4.11. The Kier molecular flexibility index (Phi) is 6.37. The lowest BCUT2D eigenvalue weighted by Gasteiger charge is -2.25. The van der Waals surface area contributed by atoms with E-state index < -0.39 is 27.9 Å². The molecule has 162 valence electrons. The van der Waals surface area contributed by atoms with Gasteiger partial charge in [-0.2, -0.15) is 4.31 Å². The molecule has 1 fully saturated rings. The number of nitrogens with zero attached hydrogens (tertiary/aromatic N) is 2. The molecule has 2 aromatic rings. The minimum atomic E-state index is -4.11. The number of benzene rings is 2. The van der Waals surface area contributed by atoms with E-state index in [4.69, 9.17) is 0 Å². The van der Waals surface area contributed by atoms with Gasteiger partial charge in [0.15, 0.2) is 0 Å². The van der Waals surface area contributed by atoms with Crippen molar-refractivity contribution < 1.29 is 22.8 Å². The van der Waals surface area contributed by atoms with Gasteiger partial charge in [-0.3, -0.25) is 14.4 Å². The molecular formula is C22H23N3O5S. The molecule has 0 radical (unpaired) electrons.